The molecule has 0 spiro atoms. The molecule has 5 heteroatoms. The molecule has 5 nitrogen and oxygen atoms in total. The van der Waals surface area contributed by atoms with Gasteiger partial charge in [0.15, 0.2) is 11.5 Å². The van der Waals surface area contributed by atoms with Crippen LogP contribution < -0.4 is 5.32 Å². The molecule has 16 heavy (non-hydrogen) atoms. The third-order valence-corrected chi connectivity index (χ3v) is 3.11. The van der Waals surface area contributed by atoms with E-state index in [-0.39, 0.29) is 0 Å². The van der Waals surface area contributed by atoms with E-state index in [2.05, 4.69) is 20.5 Å². The van der Waals surface area contributed by atoms with Gasteiger partial charge in [0.1, 0.15) is 6.33 Å². The van der Waals surface area contributed by atoms with E-state index in [1.165, 1.54) is 19.3 Å². The molecule has 1 atom stereocenters. The molecular formula is C11H15N5. The van der Waals surface area contributed by atoms with Gasteiger partial charge in [0.05, 0.1) is 6.04 Å². The van der Waals surface area contributed by atoms with Crippen LogP contribution in [0.1, 0.15) is 37.5 Å². The van der Waals surface area contributed by atoms with Crippen molar-refractivity contribution in [3.8, 4) is 0 Å². The third kappa shape index (κ3) is 1.67. The lowest BCUT2D eigenvalue weighted by Gasteiger charge is -2.13. The first-order valence-corrected chi connectivity index (χ1v) is 5.83. The molecule has 1 unspecified atom stereocenters. The van der Waals surface area contributed by atoms with Crippen LogP contribution in [0.3, 0.4) is 0 Å². The Morgan fingerprint density at radius 3 is 3.25 bits per heavy atom. The first kappa shape index (κ1) is 9.72. The number of nitrogens with zero attached hydrogens (tertiary/aromatic N) is 4. The van der Waals surface area contributed by atoms with Gasteiger partial charge in [-0.3, -0.25) is 4.40 Å². The maximum atomic E-state index is 4.27. The van der Waals surface area contributed by atoms with Crippen molar-refractivity contribution >= 4 is 5.65 Å². The molecule has 0 bridgehead atoms. The van der Waals surface area contributed by atoms with E-state index in [1.807, 2.05) is 10.5 Å². The lowest BCUT2D eigenvalue weighted by atomic mass is 10.1. The van der Waals surface area contributed by atoms with Gasteiger partial charge in [-0.05, 0) is 19.4 Å². The summed E-state index contributed by atoms with van der Waals surface area (Å²) < 4.78 is 1.98. The number of hydrogen-bond donors (Lipinski definition) is 1. The Labute approximate surface area is 93.9 Å². The third-order valence-electron chi connectivity index (χ3n) is 3.11. The SMILES string of the molecule is c1cc2nnc(C3CCCCCN3)n2cn1. The predicted molar refractivity (Wildman–Crippen MR) is 60.0 cm³/mol. The van der Waals surface area contributed by atoms with Crippen LogP contribution in [-0.4, -0.2) is 26.1 Å². The zero-order valence-electron chi connectivity index (χ0n) is 9.13. The highest BCUT2D eigenvalue weighted by Crippen LogP contribution is 2.21. The molecule has 1 N–H and O–H groups in total. The number of nitrogens with one attached hydrogen (secondary N) is 1. The zero-order chi connectivity index (χ0) is 10.8. The van der Waals surface area contributed by atoms with Gasteiger partial charge in [0.2, 0.25) is 0 Å². The molecule has 1 aliphatic heterocycles. The van der Waals surface area contributed by atoms with Gasteiger partial charge in [0.25, 0.3) is 0 Å². The average molecular weight is 217 g/mol. The normalized spacial score (nSPS) is 22.1. The smallest absolute Gasteiger partial charge is 0.163 e. The quantitative estimate of drug-likeness (QED) is 0.783. The largest absolute Gasteiger partial charge is 0.307 e. The Kier molecular flexibility index (Phi) is 2.53. The van der Waals surface area contributed by atoms with E-state index in [4.69, 9.17) is 0 Å². The lowest BCUT2D eigenvalue weighted by molar-refractivity contribution is 0.502. The van der Waals surface area contributed by atoms with Gasteiger partial charge in [-0.1, -0.05) is 12.8 Å². The van der Waals surface area contributed by atoms with Crippen molar-refractivity contribution in [3.05, 3.63) is 24.4 Å². The summed E-state index contributed by atoms with van der Waals surface area (Å²) in [5.74, 6) is 0.991. The second kappa shape index (κ2) is 4.17. The van der Waals surface area contributed by atoms with E-state index in [0.29, 0.717) is 6.04 Å². The minimum absolute atomic E-state index is 0.321. The first-order chi connectivity index (χ1) is 7.95. The maximum Gasteiger partial charge on any atom is 0.163 e. The first-order valence-electron chi connectivity index (χ1n) is 5.83. The molecule has 1 fully saturated rings. The maximum absolute atomic E-state index is 4.27. The standard InChI is InChI=1S/C11H15N5/c1-2-4-9(13-6-3-1)11-15-14-10-5-7-12-8-16(10)11/h5,7-9,13H,1-4,6H2. The van der Waals surface area contributed by atoms with E-state index in [0.717, 1.165) is 24.4 Å². The minimum Gasteiger partial charge on any atom is -0.307 e. The summed E-state index contributed by atoms with van der Waals surface area (Å²) in [5, 5.41) is 12.0. The van der Waals surface area contributed by atoms with Crippen LogP contribution in [0.15, 0.2) is 18.6 Å². The van der Waals surface area contributed by atoms with Crippen molar-refractivity contribution in [2.45, 2.75) is 31.7 Å². The summed E-state index contributed by atoms with van der Waals surface area (Å²) in [6, 6.07) is 2.20. The Morgan fingerprint density at radius 2 is 2.25 bits per heavy atom. The van der Waals surface area contributed by atoms with Crippen LogP contribution in [0.4, 0.5) is 0 Å². The molecule has 1 aliphatic rings. The Hall–Kier alpha value is -1.49. The van der Waals surface area contributed by atoms with E-state index in [9.17, 15) is 0 Å². The van der Waals surface area contributed by atoms with Gasteiger partial charge in [-0.15, -0.1) is 10.2 Å². The van der Waals surface area contributed by atoms with Gasteiger partial charge in [-0.2, -0.15) is 0 Å². The van der Waals surface area contributed by atoms with Gasteiger partial charge in [-0.25, -0.2) is 4.98 Å². The lowest BCUT2D eigenvalue weighted by Crippen LogP contribution is -2.22. The van der Waals surface area contributed by atoms with Gasteiger partial charge >= 0.3 is 0 Å². The Morgan fingerprint density at radius 1 is 1.25 bits per heavy atom. The number of fused-ring (bicyclic) bond motifs is 1. The summed E-state index contributed by atoms with van der Waals surface area (Å²) in [4.78, 5) is 4.12. The molecule has 2 aromatic rings. The molecule has 0 aliphatic carbocycles. The molecule has 3 rings (SSSR count). The molecule has 84 valence electrons. The van der Waals surface area contributed by atoms with Crippen LogP contribution in [0.2, 0.25) is 0 Å². The van der Waals surface area contributed by atoms with E-state index < -0.39 is 0 Å². The highest BCUT2D eigenvalue weighted by molar-refractivity contribution is 5.35. The second-order valence-electron chi connectivity index (χ2n) is 4.22. The highest BCUT2D eigenvalue weighted by atomic mass is 15.3. The van der Waals surface area contributed by atoms with E-state index in [1.54, 1.807) is 12.5 Å². The van der Waals surface area contributed by atoms with Crippen LogP contribution in [0, 0.1) is 0 Å². The van der Waals surface area contributed by atoms with Crippen molar-refractivity contribution in [1.82, 2.24) is 24.9 Å². The minimum atomic E-state index is 0.321. The second-order valence-corrected chi connectivity index (χ2v) is 4.22. The fraction of sp³-hybridized carbons (Fsp3) is 0.545. The molecule has 1 saturated heterocycles. The summed E-state index contributed by atoms with van der Waals surface area (Å²) in [7, 11) is 0. The summed E-state index contributed by atoms with van der Waals surface area (Å²) in [6.07, 6.45) is 8.48. The number of rotatable bonds is 1. The molecule has 0 aromatic carbocycles. The summed E-state index contributed by atoms with van der Waals surface area (Å²) in [6.45, 7) is 1.07. The molecule has 0 amide bonds. The van der Waals surface area contributed by atoms with E-state index >= 15 is 0 Å². The van der Waals surface area contributed by atoms with Crippen LogP contribution in [0.5, 0.6) is 0 Å². The van der Waals surface area contributed by atoms with Gasteiger partial charge < -0.3 is 5.32 Å². The van der Waals surface area contributed by atoms with Crippen LogP contribution in [0.25, 0.3) is 5.65 Å². The monoisotopic (exact) mass is 217 g/mol. The fourth-order valence-electron chi connectivity index (χ4n) is 2.25. The van der Waals surface area contributed by atoms with Gasteiger partial charge in [0, 0.05) is 12.3 Å². The molecule has 2 aromatic heterocycles. The van der Waals surface area contributed by atoms with Crippen molar-refractivity contribution in [3.63, 3.8) is 0 Å². The molecule has 3 heterocycles. The number of aromatic nitrogens is 4. The Balaban J connectivity index is 1.97. The van der Waals surface area contributed by atoms with Crippen molar-refractivity contribution < 1.29 is 0 Å². The predicted octanol–water partition coefficient (Wildman–Crippen LogP) is 1.33. The molecule has 0 radical (unpaired) electrons. The van der Waals surface area contributed by atoms with Crippen LogP contribution >= 0.6 is 0 Å². The number of hydrogen-bond acceptors (Lipinski definition) is 4. The zero-order valence-corrected chi connectivity index (χ0v) is 9.13. The summed E-state index contributed by atoms with van der Waals surface area (Å²) in [5.41, 5.74) is 0.871. The highest BCUT2D eigenvalue weighted by Gasteiger charge is 2.18. The average Bonchev–Trinajstić information content (AvgIpc) is 2.57. The molecule has 0 saturated carbocycles. The topological polar surface area (TPSA) is 55.1 Å². The fourth-order valence-corrected chi connectivity index (χ4v) is 2.25. The van der Waals surface area contributed by atoms with Crippen molar-refractivity contribution in [1.29, 1.82) is 0 Å². The summed E-state index contributed by atoms with van der Waals surface area (Å²) >= 11 is 0. The van der Waals surface area contributed by atoms with Crippen molar-refractivity contribution in [2.75, 3.05) is 6.54 Å². The Bertz CT molecular complexity index is 470. The van der Waals surface area contributed by atoms with Crippen molar-refractivity contribution in [2.24, 2.45) is 0 Å². The van der Waals surface area contributed by atoms with Crippen LogP contribution in [-0.2, 0) is 0 Å². The molecular weight excluding hydrogens is 202 g/mol.